The van der Waals surface area contributed by atoms with Gasteiger partial charge >= 0.3 is 0 Å². The van der Waals surface area contributed by atoms with E-state index < -0.39 is 23.9 Å². The fraction of sp³-hybridized carbons (Fsp3) is 0.440. The number of fused-ring (bicyclic) bond motifs is 1. The molecule has 1 heterocycles. The van der Waals surface area contributed by atoms with Crippen molar-refractivity contribution in [2.45, 2.75) is 50.3 Å². The summed E-state index contributed by atoms with van der Waals surface area (Å²) in [6, 6.07) is 12.0. The summed E-state index contributed by atoms with van der Waals surface area (Å²) in [5.41, 5.74) is 0.514. The van der Waals surface area contributed by atoms with Crippen LogP contribution in [0.2, 0.25) is 0 Å². The zero-order chi connectivity index (χ0) is 23.2. The molecule has 2 atom stereocenters. The Bertz CT molecular complexity index is 965. The molecule has 1 saturated carbocycles. The topological polar surface area (TPSA) is 67.9 Å². The van der Waals surface area contributed by atoms with Crippen LogP contribution in [0.1, 0.15) is 43.7 Å². The highest BCUT2D eigenvalue weighted by atomic mass is 35.5. The summed E-state index contributed by atoms with van der Waals surface area (Å²) in [5.74, 6) is -0.207. The number of benzene rings is 2. The molecule has 8 heteroatoms. The van der Waals surface area contributed by atoms with Gasteiger partial charge in [-0.05, 0) is 42.7 Å². The first kappa shape index (κ1) is 23.4. The number of nitrogens with one attached hydrogen (secondary N) is 1. The number of ether oxygens (including phenoxy) is 2. The number of para-hydroxylation sites is 2. The van der Waals surface area contributed by atoms with Crippen molar-refractivity contribution in [1.82, 2.24) is 10.2 Å². The fourth-order valence-electron chi connectivity index (χ4n) is 4.45. The second-order valence-corrected chi connectivity index (χ2v) is 8.74. The second-order valence-electron chi connectivity index (χ2n) is 8.47. The molecule has 2 aromatic carbocycles. The molecule has 0 aromatic heterocycles. The van der Waals surface area contributed by atoms with E-state index in [-0.39, 0.29) is 31.0 Å². The van der Waals surface area contributed by atoms with Crippen LogP contribution in [-0.2, 0) is 9.59 Å². The van der Waals surface area contributed by atoms with E-state index in [2.05, 4.69) is 5.32 Å². The molecule has 176 valence electrons. The Morgan fingerprint density at radius 2 is 1.76 bits per heavy atom. The number of rotatable bonds is 7. The predicted molar refractivity (Wildman–Crippen MR) is 123 cm³/mol. The quantitative estimate of drug-likeness (QED) is 0.610. The molecule has 2 aliphatic rings. The summed E-state index contributed by atoms with van der Waals surface area (Å²) in [5, 5.41) is 3.10. The summed E-state index contributed by atoms with van der Waals surface area (Å²) >= 11 is 5.94. The molecule has 33 heavy (non-hydrogen) atoms. The molecule has 2 aromatic rings. The molecule has 0 radical (unpaired) electrons. The van der Waals surface area contributed by atoms with E-state index in [4.69, 9.17) is 21.1 Å². The predicted octanol–water partition coefficient (Wildman–Crippen LogP) is 4.22. The molecule has 0 spiro atoms. The minimum Gasteiger partial charge on any atom is -0.486 e. The van der Waals surface area contributed by atoms with Gasteiger partial charge in [0.05, 0.1) is 6.54 Å². The third kappa shape index (κ3) is 5.77. The van der Waals surface area contributed by atoms with Crippen molar-refractivity contribution in [1.29, 1.82) is 0 Å². The molecule has 6 nitrogen and oxygen atoms in total. The van der Waals surface area contributed by atoms with Gasteiger partial charge in [0.2, 0.25) is 11.8 Å². The van der Waals surface area contributed by atoms with Crippen molar-refractivity contribution < 1.29 is 23.5 Å². The van der Waals surface area contributed by atoms with Gasteiger partial charge in [-0.25, -0.2) is 4.39 Å². The third-order valence-corrected chi connectivity index (χ3v) is 6.33. The maximum absolute atomic E-state index is 13.6. The number of nitrogens with zero attached hydrogens (tertiary/aromatic N) is 1. The van der Waals surface area contributed by atoms with E-state index in [9.17, 15) is 14.0 Å². The van der Waals surface area contributed by atoms with Gasteiger partial charge < -0.3 is 19.7 Å². The lowest BCUT2D eigenvalue weighted by Crippen LogP contribution is -2.51. The Labute approximate surface area is 198 Å². The van der Waals surface area contributed by atoms with Gasteiger partial charge in [-0.3, -0.25) is 9.59 Å². The van der Waals surface area contributed by atoms with Crippen LogP contribution in [0, 0.1) is 5.82 Å². The summed E-state index contributed by atoms with van der Waals surface area (Å²) in [6.45, 7) is 0.323. The first-order valence-electron chi connectivity index (χ1n) is 11.3. The van der Waals surface area contributed by atoms with Crippen LogP contribution < -0.4 is 14.8 Å². The fourth-order valence-corrected chi connectivity index (χ4v) is 4.60. The maximum atomic E-state index is 13.6. The van der Waals surface area contributed by atoms with Crippen LogP contribution in [-0.4, -0.2) is 47.9 Å². The molecule has 0 saturated heterocycles. The van der Waals surface area contributed by atoms with Gasteiger partial charge in [-0.15, -0.1) is 11.6 Å². The Kier molecular flexibility index (Phi) is 7.70. The van der Waals surface area contributed by atoms with Crippen molar-refractivity contribution >= 4 is 23.4 Å². The molecule has 0 unspecified atom stereocenters. The van der Waals surface area contributed by atoms with Crippen molar-refractivity contribution in [3.05, 3.63) is 59.9 Å². The minimum atomic E-state index is -0.959. The van der Waals surface area contributed by atoms with E-state index in [0.717, 1.165) is 32.1 Å². The molecule has 2 amide bonds. The Balaban J connectivity index is 1.59. The van der Waals surface area contributed by atoms with E-state index in [1.165, 1.54) is 29.2 Å². The average molecular weight is 475 g/mol. The van der Waals surface area contributed by atoms with Crippen molar-refractivity contribution in [2.75, 3.05) is 19.0 Å². The normalized spacial score (nSPS) is 18.9. The smallest absolute Gasteiger partial charge is 0.247 e. The number of alkyl halides is 1. The summed E-state index contributed by atoms with van der Waals surface area (Å²) < 4.78 is 25.5. The highest BCUT2D eigenvalue weighted by molar-refractivity contribution is 6.27. The Morgan fingerprint density at radius 3 is 2.45 bits per heavy atom. The largest absolute Gasteiger partial charge is 0.486 e. The molecule has 1 fully saturated rings. The van der Waals surface area contributed by atoms with Crippen molar-refractivity contribution in [2.24, 2.45) is 0 Å². The monoisotopic (exact) mass is 474 g/mol. The molecule has 1 N–H and O–H groups in total. The van der Waals surface area contributed by atoms with Crippen LogP contribution in [0.3, 0.4) is 0 Å². The number of carbonyl (C=O) groups excluding carboxylic acids is 2. The van der Waals surface area contributed by atoms with Crippen molar-refractivity contribution in [3.63, 3.8) is 0 Å². The zero-order valence-corrected chi connectivity index (χ0v) is 19.1. The number of halogens is 2. The lowest BCUT2D eigenvalue weighted by atomic mass is 9.94. The standard InChI is InChI=1S/C25H28ClFN2O4/c26-14-23(30)29(15-20-16-32-21-8-4-5-9-22(21)33-20)24(17-10-12-18(27)13-11-17)25(31)28-19-6-2-1-3-7-19/h4-5,8-13,19-20,24H,1-3,6-7,14-16H2,(H,28,31)/t20-,24-/m1/s1. The molecular weight excluding hydrogens is 447 g/mol. The molecule has 4 rings (SSSR count). The summed E-state index contributed by atoms with van der Waals surface area (Å²) in [6.07, 6.45) is 4.60. The van der Waals surface area contributed by atoms with Crippen LogP contribution in [0.4, 0.5) is 4.39 Å². The maximum Gasteiger partial charge on any atom is 0.247 e. The van der Waals surface area contributed by atoms with Gasteiger partial charge in [0.15, 0.2) is 17.6 Å². The first-order valence-corrected chi connectivity index (χ1v) is 11.9. The zero-order valence-electron chi connectivity index (χ0n) is 18.3. The van der Waals surface area contributed by atoms with Crippen molar-refractivity contribution in [3.8, 4) is 11.5 Å². The molecule has 0 bridgehead atoms. The Morgan fingerprint density at radius 1 is 1.06 bits per heavy atom. The van der Waals surface area contributed by atoms with Crippen LogP contribution in [0.25, 0.3) is 0 Å². The summed E-state index contributed by atoms with van der Waals surface area (Å²) in [4.78, 5) is 27.9. The van der Waals surface area contributed by atoms with Gasteiger partial charge in [0, 0.05) is 6.04 Å². The van der Waals surface area contributed by atoms with Gasteiger partial charge in [-0.2, -0.15) is 0 Å². The lowest BCUT2D eigenvalue weighted by molar-refractivity contribution is -0.141. The third-order valence-electron chi connectivity index (χ3n) is 6.10. The number of carbonyl (C=O) groups is 2. The van der Waals surface area contributed by atoms with E-state index >= 15 is 0 Å². The van der Waals surface area contributed by atoms with Crippen LogP contribution in [0.5, 0.6) is 11.5 Å². The molecule has 1 aliphatic heterocycles. The van der Waals surface area contributed by atoms with E-state index in [0.29, 0.717) is 17.1 Å². The van der Waals surface area contributed by atoms with Gasteiger partial charge in [0.1, 0.15) is 24.3 Å². The Hall–Kier alpha value is -2.80. The number of amides is 2. The van der Waals surface area contributed by atoms with Gasteiger partial charge in [-0.1, -0.05) is 43.5 Å². The first-order chi connectivity index (χ1) is 16.0. The highest BCUT2D eigenvalue weighted by Crippen LogP contribution is 2.32. The number of hydrogen-bond acceptors (Lipinski definition) is 4. The van der Waals surface area contributed by atoms with Crippen LogP contribution in [0.15, 0.2) is 48.5 Å². The molecule has 1 aliphatic carbocycles. The SMILES string of the molecule is O=C(NC1CCCCC1)[C@@H](c1ccc(F)cc1)N(C[C@@H]1COc2ccccc2O1)C(=O)CCl. The van der Waals surface area contributed by atoms with Gasteiger partial charge in [0.25, 0.3) is 0 Å². The molecular formula is C25H28ClFN2O4. The average Bonchev–Trinajstić information content (AvgIpc) is 2.85. The highest BCUT2D eigenvalue weighted by Gasteiger charge is 2.35. The summed E-state index contributed by atoms with van der Waals surface area (Å²) in [7, 11) is 0. The number of hydrogen-bond donors (Lipinski definition) is 1. The second kappa shape index (κ2) is 10.9. The van der Waals surface area contributed by atoms with E-state index in [1.807, 2.05) is 18.2 Å². The van der Waals surface area contributed by atoms with Crippen LogP contribution >= 0.6 is 11.6 Å². The lowest BCUT2D eigenvalue weighted by Gasteiger charge is -2.36. The minimum absolute atomic E-state index is 0.0586. The van der Waals surface area contributed by atoms with E-state index in [1.54, 1.807) is 6.07 Å².